The van der Waals surface area contributed by atoms with E-state index < -0.39 is 17.5 Å². The van der Waals surface area contributed by atoms with E-state index in [0.717, 1.165) is 11.3 Å². The molecule has 33 heavy (non-hydrogen) atoms. The summed E-state index contributed by atoms with van der Waals surface area (Å²) in [5, 5.41) is 3.75. The van der Waals surface area contributed by atoms with E-state index in [9.17, 15) is 14.4 Å². The van der Waals surface area contributed by atoms with Gasteiger partial charge in [0.15, 0.2) is 5.78 Å². The molecule has 0 bridgehead atoms. The lowest BCUT2D eigenvalue weighted by atomic mass is 9.98. The summed E-state index contributed by atoms with van der Waals surface area (Å²) in [6.45, 7) is 1.47. The number of nitrogens with one attached hydrogen (secondary N) is 1. The molecule has 3 aromatic carbocycles. The zero-order valence-corrected chi connectivity index (χ0v) is 18.7. The molecule has 0 aliphatic rings. The fourth-order valence-electron chi connectivity index (χ4n) is 3.77. The van der Waals surface area contributed by atoms with Crippen LogP contribution in [0.2, 0.25) is 0 Å². The molecule has 0 saturated heterocycles. The molecule has 4 aromatic rings. The van der Waals surface area contributed by atoms with Crippen LogP contribution in [-0.4, -0.2) is 25.7 Å². The number of fused-ring (bicyclic) bond motifs is 1. The van der Waals surface area contributed by atoms with E-state index in [1.54, 1.807) is 42.5 Å². The molecule has 1 unspecified atom stereocenters. The summed E-state index contributed by atoms with van der Waals surface area (Å²) in [6, 6.07) is 22.4. The van der Waals surface area contributed by atoms with E-state index in [0.29, 0.717) is 16.5 Å². The number of hydrogen-bond donors (Lipinski definition) is 1. The maximum atomic E-state index is 13.4. The molecule has 0 aliphatic carbocycles. The van der Waals surface area contributed by atoms with Crippen LogP contribution in [0.15, 0.2) is 88.1 Å². The molecule has 1 aromatic heterocycles. The summed E-state index contributed by atoms with van der Waals surface area (Å²) in [6.07, 6.45) is 0. The van der Waals surface area contributed by atoms with E-state index in [-0.39, 0.29) is 17.0 Å². The Morgan fingerprint density at radius 3 is 2.15 bits per heavy atom. The molecule has 6 nitrogen and oxygen atoms in total. The number of ketones is 2. The number of carbonyl (C=O) groups is 2. The minimum atomic E-state index is -0.759. The Labute approximate surface area is 191 Å². The number of rotatable bonds is 7. The SMILES string of the molecule is CC(=O)C(Nc1c(C(=O)c2ccccc2)c(=O)oc2cc(N(C)C)ccc12)c1ccccc1. The van der Waals surface area contributed by atoms with E-state index >= 15 is 0 Å². The second kappa shape index (κ2) is 9.12. The largest absolute Gasteiger partial charge is 0.422 e. The van der Waals surface area contributed by atoms with Gasteiger partial charge in [-0.2, -0.15) is 0 Å². The Kier molecular flexibility index (Phi) is 6.09. The fourth-order valence-corrected chi connectivity index (χ4v) is 3.77. The van der Waals surface area contributed by atoms with Gasteiger partial charge in [-0.1, -0.05) is 60.7 Å². The van der Waals surface area contributed by atoms with Gasteiger partial charge < -0.3 is 14.6 Å². The van der Waals surface area contributed by atoms with Crippen LogP contribution in [0.25, 0.3) is 11.0 Å². The number of Topliss-reactive ketones (excluding diaryl/α,β-unsaturated/α-hetero) is 1. The van der Waals surface area contributed by atoms with Crippen molar-refractivity contribution in [1.29, 1.82) is 0 Å². The van der Waals surface area contributed by atoms with Crippen molar-refractivity contribution in [3.05, 3.63) is 106 Å². The molecule has 0 fully saturated rings. The molecule has 0 amide bonds. The molecule has 0 saturated carbocycles. The molecule has 1 N–H and O–H groups in total. The molecule has 0 aliphatic heterocycles. The first kappa shape index (κ1) is 22.0. The number of carbonyl (C=O) groups excluding carboxylic acids is 2. The van der Waals surface area contributed by atoms with Crippen LogP contribution in [0.1, 0.15) is 34.5 Å². The van der Waals surface area contributed by atoms with Gasteiger partial charge in [0, 0.05) is 36.8 Å². The van der Waals surface area contributed by atoms with Crippen LogP contribution in [0.3, 0.4) is 0 Å². The highest BCUT2D eigenvalue weighted by molar-refractivity contribution is 6.15. The van der Waals surface area contributed by atoms with E-state index in [1.165, 1.54) is 6.92 Å². The summed E-state index contributed by atoms with van der Waals surface area (Å²) < 4.78 is 5.59. The fraction of sp³-hybridized carbons (Fsp3) is 0.148. The van der Waals surface area contributed by atoms with Gasteiger partial charge in [0.2, 0.25) is 5.78 Å². The average molecular weight is 440 g/mol. The van der Waals surface area contributed by atoms with Gasteiger partial charge in [-0.05, 0) is 24.6 Å². The van der Waals surface area contributed by atoms with Crippen molar-refractivity contribution in [1.82, 2.24) is 0 Å². The Bertz CT molecular complexity index is 1380. The molecule has 1 heterocycles. The number of nitrogens with zero attached hydrogens (tertiary/aromatic N) is 1. The van der Waals surface area contributed by atoms with Crippen molar-refractivity contribution >= 4 is 33.9 Å². The zero-order valence-electron chi connectivity index (χ0n) is 18.7. The van der Waals surface area contributed by atoms with Gasteiger partial charge >= 0.3 is 5.63 Å². The minimum absolute atomic E-state index is 0.131. The Balaban J connectivity index is 1.96. The maximum Gasteiger partial charge on any atom is 0.349 e. The van der Waals surface area contributed by atoms with Gasteiger partial charge in [0.25, 0.3) is 0 Å². The minimum Gasteiger partial charge on any atom is -0.422 e. The van der Waals surface area contributed by atoms with Crippen molar-refractivity contribution in [2.45, 2.75) is 13.0 Å². The number of anilines is 2. The van der Waals surface area contributed by atoms with Crippen LogP contribution in [-0.2, 0) is 4.79 Å². The number of hydrogen-bond acceptors (Lipinski definition) is 6. The summed E-state index contributed by atoms with van der Waals surface area (Å²) >= 11 is 0. The highest BCUT2D eigenvalue weighted by Crippen LogP contribution is 2.32. The first-order valence-electron chi connectivity index (χ1n) is 10.6. The predicted octanol–water partition coefficient (Wildman–Crippen LogP) is 4.83. The molecule has 166 valence electrons. The predicted molar refractivity (Wildman–Crippen MR) is 130 cm³/mol. The van der Waals surface area contributed by atoms with Gasteiger partial charge in [-0.15, -0.1) is 0 Å². The first-order chi connectivity index (χ1) is 15.9. The van der Waals surface area contributed by atoms with Crippen molar-refractivity contribution in [2.75, 3.05) is 24.3 Å². The lowest BCUT2D eigenvalue weighted by Crippen LogP contribution is -2.24. The van der Waals surface area contributed by atoms with Crippen LogP contribution < -0.4 is 15.8 Å². The van der Waals surface area contributed by atoms with Gasteiger partial charge in [0.1, 0.15) is 17.2 Å². The van der Waals surface area contributed by atoms with Crippen molar-refractivity contribution in [3.8, 4) is 0 Å². The third-order valence-electron chi connectivity index (χ3n) is 5.50. The zero-order chi connectivity index (χ0) is 23.5. The maximum absolute atomic E-state index is 13.4. The highest BCUT2D eigenvalue weighted by Gasteiger charge is 2.26. The Morgan fingerprint density at radius 2 is 1.55 bits per heavy atom. The molecular weight excluding hydrogens is 416 g/mol. The van der Waals surface area contributed by atoms with Crippen molar-refractivity contribution < 1.29 is 14.0 Å². The van der Waals surface area contributed by atoms with Crippen LogP contribution in [0, 0.1) is 0 Å². The summed E-state index contributed by atoms with van der Waals surface area (Å²) in [5.74, 6) is -0.619. The van der Waals surface area contributed by atoms with E-state index in [2.05, 4.69) is 5.32 Å². The first-order valence-corrected chi connectivity index (χ1v) is 10.6. The van der Waals surface area contributed by atoms with Gasteiger partial charge in [0.05, 0.1) is 5.69 Å². The Hall–Kier alpha value is -4.19. The van der Waals surface area contributed by atoms with Crippen molar-refractivity contribution in [3.63, 3.8) is 0 Å². The quantitative estimate of drug-likeness (QED) is 0.327. The smallest absolute Gasteiger partial charge is 0.349 e. The summed E-state index contributed by atoms with van der Waals surface area (Å²) in [7, 11) is 3.76. The topological polar surface area (TPSA) is 79.6 Å². The van der Waals surface area contributed by atoms with Gasteiger partial charge in [-0.3, -0.25) is 9.59 Å². The van der Waals surface area contributed by atoms with E-state index in [4.69, 9.17) is 4.42 Å². The second-order valence-electron chi connectivity index (χ2n) is 8.01. The normalized spacial score (nSPS) is 11.7. The molecule has 0 radical (unpaired) electrons. The molecule has 1 atom stereocenters. The van der Waals surface area contributed by atoms with Gasteiger partial charge in [-0.25, -0.2) is 4.79 Å². The third-order valence-corrected chi connectivity index (χ3v) is 5.50. The number of benzene rings is 3. The van der Waals surface area contributed by atoms with Crippen LogP contribution in [0.5, 0.6) is 0 Å². The molecule has 4 rings (SSSR count). The van der Waals surface area contributed by atoms with E-state index in [1.807, 2.05) is 55.4 Å². The van der Waals surface area contributed by atoms with Crippen LogP contribution >= 0.6 is 0 Å². The highest BCUT2D eigenvalue weighted by atomic mass is 16.4. The third kappa shape index (κ3) is 4.41. The molecule has 6 heteroatoms. The molecule has 0 spiro atoms. The van der Waals surface area contributed by atoms with Crippen LogP contribution in [0.4, 0.5) is 11.4 Å². The Morgan fingerprint density at radius 1 is 0.909 bits per heavy atom. The average Bonchev–Trinajstić information content (AvgIpc) is 2.82. The lowest BCUT2D eigenvalue weighted by Gasteiger charge is -2.21. The van der Waals surface area contributed by atoms with Crippen molar-refractivity contribution in [2.24, 2.45) is 0 Å². The standard InChI is InChI=1S/C27H24N2O4/c1-17(30)24(18-10-6-4-7-11-18)28-25-21-15-14-20(29(2)3)16-22(21)33-27(32)23(25)26(31)19-12-8-5-9-13-19/h4-16,24,28H,1-3H3. The monoisotopic (exact) mass is 440 g/mol. The second-order valence-corrected chi connectivity index (χ2v) is 8.01. The summed E-state index contributed by atoms with van der Waals surface area (Å²) in [5.41, 5.74) is 1.65. The lowest BCUT2D eigenvalue weighted by molar-refractivity contribution is -0.117. The molecular formula is C27H24N2O4. The summed E-state index contributed by atoms with van der Waals surface area (Å²) in [4.78, 5) is 41.0.